The number of aliphatic hydroxyl groups excluding tert-OH is 7. The second kappa shape index (κ2) is 39.3. The number of ether oxygens (including phenoxy) is 6. The molecular weight excluding hydrogens is 849 g/mol. The van der Waals surface area contributed by atoms with Gasteiger partial charge in [0.25, 0.3) is 0 Å². The Morgan fingerprint density at radius 1 is 0.515 bits per heavy atom. The van der Waals surface area contributed by atoms with E-state index in [1.165, 1.54) is 12.8 Å². The molecule has 2 saturated heterocycles. The minimum Gasteiger partial charge on any atom is -0.457 e. The number of carbonyl (C=O) groups excluding carboxylic acids is 1. The zero-order valence-electron chi connectivity index (χ0n) is 40.2. The van der Waals surface area contributed by atoms with Crippen LogP contribution in [-0.2, 0) is 33.2 Å². The van der Waals surface area contributed by atoms with E-state index in [0.29, 0.717) is 13.0 Å². The molecule has 0 aromatic rings. The molecule has 0 aromatic heterocycles. The maximum atomic E-state index is 13.0. The number of hydrogen-bond donors (Lipinski definition) is 7. The molecule has 0 spiro atoms. The van der Waals surface area contributed by atoms with Crippen LogP contribution in [0, 0.1) is 0 Å². The first-order chi connectivity index (χ1) is 32.1. The van der Waals surface area contributed by atoms with Crippen LogP contribution in [0.5, 0.6) is 0 Å². The van der Waals surface area contributed by atoms with Gasteiger partial charge >= 0.3 is 5.97 Å². The van der Waals surface area contributed by atoms with Gasteiger partial charge in [0.1, 0.15) is 54.9 Å². The van der Waals surface area contributed by atoms with Crippen molar-refractivity contribution in [1.29, 1.82) is 0 Å². The Kier molecular flexibility index (Phi) is 35.5. The Morgan fingerprint density at radius 2 is 0.985 bits per heavy atom. The van der Waals surface area contributed by atoms with E-state index in [1.54, 1.807) is 0 Å². The highest BCUT2D eigenvalue weighted by Crippen LogP contribution is 2.26. The Hall–Kier alpha value is -2.57. The summed E-state index contributed by atoms with van der Waals surface area (Å²) in [6, 6.07) is 0. The van der Waals surface area contributed by atoms with Gasteiger partial charge in [-0.25, -0.2) is 0 Å². The number of rotatable bonds is 38. The van der Waals surface area contributed by atoms with Crippen LogP contribution < -0.4 is 0 Å². The summed E-state index contributed by atoms with van der Waals surface area (Å²) in [6.45, 7) is 3.44. The average Bonchev–Trinajstić information content (AvgIpc) is 3.31. The van der Waals surface area contributed by atoms with Crippen LogP contribution in [0.15, 0.2) is 72.9 Å². The van der Waals surface area contributed by atoms with Crippen LogP contribution in [0.25, 0.3) is 0 Å². The zero-order chi connectivity index (χ0) is 48.0. The zero-order valence-corrected chi connectivity index (χ0v) is 40.2. The van der Waals surface area contributed by atoms with Crippen molar-refractivity contribution in [2.45, 2.75) is 216 Å². The van der Waals surface area contributed by atoms with E-state index in [-0.39, 0.29) is 19.6 Å². The molecule has 14 nitrogen and oxygen atoms in total. The summed E-state index contributed by atoms with van der Waals surface area (Å²) >= 11 is 0. The summed E-state index contributed by atoms with van der Waals surface area (Å²) in [7, 11) is 0. The van der Waals surface area contributed by atoms with Crippen molar-refractivity contribution in [3.05, 3.63) is 72.9 Å². The van der Waals surface area contributed by atoms with E-state index in [0.717, 1.165) is 109 Å². The lowest BCUT2D eigenvalue weighted by atomic mass is 9.98. The van der Waals surface area contributed by atoms with E-state index >= 15 is 0 Å². The fourth-order valence-electron chi connectivity index (χ4n) is 7.35. The third-order valence-electron chi connectivity index (χ3n) is 11.4. The van der Waals surface area contributed by atoms with Gasteiger partial charge in [-0.3, -0.25) is 4.79 Å². The lowest BCUT2D eigenvalue weighted by Gasteiger charge is -2.42. The van der Waals surface area contributed by atoms with Crippen molar-refractivity contribution < 1.29 is 69.0 Å². The number of carbonyl (C=O) groups is 1. The van der Waals surface area contributed by atoms with Gasteiger partial charge in [0.2, 0.25) is 0 Å². The predicted octanol–water partition coefficient (Wildman–Crippen LogP) is 7.12. The average molecular weight is 937 g/mol. The molecule has 2 heterocycles. The Balaban J connectivity index is 1.80. The van der Waals surface area contributed by atoms with Gasteiger partial charge in [-0.1, -0.05) is 138 Å². The summed E-state index contributed by atoms with van der Waals surface area (Å²) in [5.74, 6) is -0.401. The molecule has 0 saturated carbocycles. The molecule has 2 fully saturated rings. The van der Waals surface area contributed by atoms with E-state index in [4.69, 9.17) is 28.4 Å². The highest BCUT2D eigenvalue weighted by atomic mass is 16.7. The lowest BCUT2D eigenvalue weighted by molar-refractivity contribution is -0.332. The van der Waals surface area contributed by atoms with Gasteiger partial charge in [-0.05, 0) is 77.0 Å². The molecule has 66 heavy (non-hydrogen) atoms. The van der Waals surface area contributed by atoms with Gasteiger partial charge in [0.05, 0.1) is 26.4 Å². The van der Waals surface area contributed by atoms with E-state index in [9.17, 15) is 40.5 Å². The summed E-state index contributed by atoms with van der Waals surface area (Å²) in [5.41, 5.74) is 0. The number of allylic oxidation sites excluding steroid dienone is 12. The molecule has 0 amide bonds. The van der Waals surface area contributed by atoms with Crippen LogP contribution in [0.2, 0.25) is 0 Å². The molecule has 11 atom stereocenters. The minimum atomic E-state index is -1.72. The van der Waals surface area contributed by atoms with E-state index in [1.807, 2.05) is 0 Å². The third kappa shape index (κ3) is 26.8. The maximum absolute atomic E-state index is 13.0. The quantitative estimate of drug-likeness (QED) is 0.0187. The summed E-state index contributed by atoms with van der Waals surface area (Å²) < 4.78 is 34.2. The fraction of sp³-hybridized carbons (Fsp3) is 0.750. The van der Waals surface area contributed by atoms with Gasteiger partial charge in [0.15, 0.2) is 12.6 Å². The number of aliphatic hydroxyl groups is 7. The van der Waals surface area contributed by atoms with Crippen LogP contribution in [0.4, 0.5) is 0 Å². The highest BCUT2D eigenvalue weighted by Gasteiger charge is 2.47. The smallest absolute Gasteiger partial charge is 0.306 e. The lowest BCUT2D eigenvalue weighted by Crippen LogP contribution is -2.61. The van der Waals surface area contributed by atoms with Crippen LogP contribution in [-0.4, -0.2) is 142 Å². The summed E-state index contributed by atoms with van der Waals surface area (Å²) in [6.07, 6.45) is 31.0. The first-order valence-corrected chi connectivity index (χ1v) is 25.0. The first kappa shape index (κ1) is 59.6. The predicted molar refractivity (Wildman–Crippen MR) is 256 cm³/mol. The molecule has 0 bridgehead atoms. The Bertz CT molecular complexity index is 1360. The second-order valence-corrected chi connectivity index (χ2v) is 17.3. The number of unbranched alkanes of at least 4 members (excludes halogenated alkanes) is 12. The first-order valence-electron chi connectivity index (χ1n) is 25.0. The van der Waals surface area contributed by atoms with Crippen LogP contribution >= 0.6 is 0 Å². The second-order valence-electron chi connectivity index (χ2n) is 17.3. The fourth-order valence-corrected chi connectivity index (χ4v) is 7.35. The molecule has 0 aromatic carbocycles. The SMILES string of the molecule is CC/C=C\C/C=C\C/C=C\C/C=C\CCCCCCCOCC(COC1OC(COC2OC(CO)C(O)C(O)C2O)C(O)C(O)C1O)OC(=O)CCCCCCC/C=C\C/C=C\CCCC. The molecule has 11 unspecified atom stereocenters. The van der Waals surface area contributed by atoms with Crippen molar-refractivity contribution in [1.82, 2.24) is 0 Å². The van der Waals surface area contributed by atoms with Gasteiger partial charge in [0, 0.05) is 13.0 Å². The maximum Gasteiger partial charge on any atom is 0.306 e. The molecule has 2 aliphatic heterocycles. The van der Waals surface area contributed by atoms with Crippen molar-refractivity contribution in [3.63, 3.8) is 0 Å². The van der Waals surface area contributed by atoms with E-state index < -0.39 is 86.7 Å². The summed E-state index contributed by atoms with van der Waals surface area (Å²) in [4.78, 5) is 13.0. The molecular formula is C52H88O14. The summed E-state index contributed by atoms with van der Waals surface area (Å²) in [5, 5.41) is 72.1. The molecule has 380 valence electrons. The standard InChI is InChI=1S/C52H88O14/c1-3-5-7-9-11-13-15-17-19-20-21-22-24-26-28-30-32-34-36-61-38-41(64-44(54)35-33-31-29-27-25-23-18-16-14-12-10-8-6-4-2)39-62-51-50(60)48(58)46(56)43(66-51)40-63-52-49(59)47(57)45(55)42(37-53)65-52/h5,7,10-13,16-19,21-22,41-43,45-53,55-60H,3-4,6,8-9,14-15,20,23-40H2,1-2H3/b7-5-,12-10-,13-11-,18-16-,19-17-,22-21-. The van der Waals surface area contributed by atoms with Gasteiger partial charge in [-0.15, -0.1) is 0 Å². The van der Waals surface area contributed by atoms with E-state index in [2.05, 4.69) is 86.8 Å². The Labute approximate surface area is 396 Å². The molecule has 0 aliphatic carbocycles. The molecule has 7 N–H and O–H groups in total. The van der Waals surface area contributed by atoms with Crippen LogP contribution in [0.1, 0.15) is 149 Å². The van der Waals surface area contributed by atoms with Crippen molar-refractivity contribution >= 4 is 5.97 Å². The monoisotopic (exact) mass is 937 g/mol. The largest absolute Gasteiger partial charge is 0.457 e. The molecule has 2 aliphatic rings. The van der Waals surface area contributed by atoms with Gasteiger partial charge in [-0.2, -0.15) is 0 Å². The molecule has 0 radical (unpaired) electrons. The number of esters is 1. The molecule has 14 heteroatoms. The Morgan fingerprint density at radius 3 is 1.55 bits per heavy atom. The number of hydrogen-bond acceptors (Lipinski definition) is 14. The third-order valence-corrected chi connectivity index (χ3v) is 11.4. The highest BCUT2D eigenvalue weighted by molar-refractivity contribution is 5.69. The molecule has 2 rings (SSSR count). The van der Waals surface area contributed by atoms with Crippen molar-refractivity contribution in [3.8, 4) is 0 Å². The van der Waals surface area contributed by atoms with Crippen LogP contribution in [0.3, 0.4) is 0 Å². The normalized spacial score (nSPS) is 26.9. The van der Waals surface area contributed by atoms with Crippen molar-refractivity contribution in [2.24, 2.45) is 0 Å². The van der Waals surface area contributed by atoms with Gasteiger partial charge < -0.3 is 64.2 Å². The minimum absolute atomic E-state index is 0.0390. The topological polar surface area (TPSA) is 214 Å². The van der Waals surface area contributed by atoms with Crippen molar-refractivity contribution in [2.75, 3.05) is 33.0 Å².